The third-order valence-electron chi connectivity index (χ3n) is 21.4. The van der Waals surface area contributed by atoms with Crippen LogP contribution in [0.4, 0.5) is 0 Å². The van der Waals surface area contributed by atoms with E-state index in [0.29, 0.717) is 48.2 Å². The van der Waals surface area contributed by atoms with E-state index < -0.39 is 144 Å². The summed E-state index contributed by atoms with van der Waals surface area (Å²) in [5.74, 6) is -4.41. The molecule has 0 aromatic heterocycles. The summed E-state index contributed by atoms with van der Waals surface area (Å²) in [5, 5.41) is 44.6. The highest BCUT2D eigenvalue weighted by Gasteiger charge is 2.52. The Hall–Kier alpha value is -3.17. The van der Waals surface area contributed by atoms with Gasteiger partial charge in [-0.15, -0.1) is 0 Å². The lowest BCUT2D eigenvalue weighted by Gasteiger charge is -2.49. The number of rotatable bonds is 11. The van der Waals surface area contributed by atoms with Crippen molar-refractivity contribution in [3.8, 4) is 0 Å². The summed E-state index contributed by atoms with van der Waals surface area (Å²) >= 11 is 0. The summed E-state index contributed by atoms with van der Waals surface area (Å²) < 4.78 is 56.9. The summed E-state index contributed by atoms with van der Waals surface area (Å²) in [6, 6.07) is 0. The number of carbonyl (C=O) groups is 5. The van der Waals surface area contributed by atoms with Gasteiger partial charge in [-0.05, 0) is 144 Å². The van der Waals surface area contributed by atoms with E-state index in [9.17, 15) is 44.4 Å². The second-order valence-corrected chi connectivity index (χ2v) is 30.7. The molecule has 514 valence electrons. The van der Waals surface area contributed by atoms with Gasteiger partial charge in [-0.2, -0.15) is 0 Å². The van der Waals surface area contributed by atoms with Crippen molar-refractivity contribution in [1.82, 2.24) is 0 Å². The molecule has 0 bridgehead atoms. The Balaban J connectivity index is 0.000000397. The average Bonchev–Trinajstić information content (AvgIpc) is 0.893. The van der Waals surface area contributed by atoms with Crippen LogP contribution in [0.2, 0.25) is 0 Å². The van der Waals surface area contributed by atoms with Gasteiger partial charge < -0.3 is 63.1 Å². The molecule has 0 saturated carbocycles. The highest BCUT2D eigenvalue weighted by atomic mass is 16.7. The summed E-state index contributed by atoms with van der Waals surface area (Å²) in [7, 11) is 0. The minimum atomic E-state index is -1.94. The van der Waals surface area contributed by atoms with Gasteiger partial charge in [-0.25, -0.2) is 0 Å². The van der Waals surface area contributed by atoms with Crippen molar-refractivity contribution in [2.45, 2.75) is 303 Å². The number of carbonyl (C=O) groups excluding carboxylic acids is 5. The van der Waals surface area contributed by atoms with Gasteiger partial charge in [0.1, 0.15) is 24.4 Å². The van der Waals surface area contributed by atoms with Gasteiger partial charge in [0.2, 0.25) is 0 Å². The highest BCUT2D eigenvalue weighted by molar-refractivity contribution is 5.97. The van der Waals surface area contributed by atoms with Crippen molar-refractivity contribution in [2.24, 2.45) is 81.3 Å². The number of esters is 3. The largest absolute Gasteiger partial charge is 0.462 e. The van der Waals surface area contributed by atoms with Crippen LogP contribution in [0, 0.1) is 81.3 Å². The topological polar surface area (TPSA) is 249 Å². The molecule has 3 unspecified atom stereocenters. The van der Waals surface area contributed by atoms with E-state index in [0.717, 1.165) is 12.8 Å². The van der Waals surface area contributed by atoms with Crippen LogP contribution in [0.1, 0.15) is 218 Å². The summed E-state index contributed by atoms with van der Waals surface area (Å²) in [6.45, 7) is 47.4. The van der Waals surface area contributed by atoms with Gasteiger partial charge in [0.05, 0.1) is 61.2 Å². The van der Waals surface area contributed by atoms with Crippen molar-refractivity contribution < 1.29 is 87.0 Å². The van der Waals surface area contributed by atoms with Gasteiger partial charge in [0.25, 0.3) is 0 Å². The van der Waals surface area contributed by atoms with Gasteiger partial charge in [0, 0.05) is 48.9 Å². The second-order valence-electron chi connectivity index (χ2n) is 30.7. The van der Waals surface area contributed by atoms with Crippen LogP contribution in [0.15, 0.2) is 23.3 Å². The Bertz CT molecular complexity index is 2420. The fraction of sp³-hybridized carbons (Fsp3) is 0.873. The maximum absolute atomic E-state index is 14.3. The van der Waals surface area contributed by atoms with E-state index in [4.69, 9.17) is 42.6 Å². The Morgan fingerprint density at radius 1 is 0.573 bits per heavy atom. The minimum absolute atomic E-state index is 0.0189. The molecule has 0 aromatic rings. The Kier molecular flexibility index (Phi) is 28.0. The molecule has 3 fully saturated rings. The maximum atomic E-state index is 14.3. The molecule has 5 heterocycles. The predicted octanol–water partition coefficient (Wildman–Crippen LogP) is 11.5. The molecule has 18 nitrogen and oxygen atoms in total. The number of ketones is 2. The van der Waals surface area contributed by atoms with Gasteiger partial charge in [-0.3, -0.25) is 24.0 Å². The number of hydrogen-bond donors (Lipinski definition) is 4. The van der Waals surface area contributed by atoms with Gasteiger partial charge in [0.15, 0.2) is 36.0 Å². The van der Waals surface area contributed by atoms with Crippen molar-refractivity contribution in [3.63, 3.8) is 0 Å². The molecule has 4 N–H and O–H groups in total. The number of aliphatic hydroxyl groups is 4. The third kappa shape index (κ3) is 19.5. The molecule has 18 heteroatoms. The predicted molar refractivity (Wildman–Crippen MR) is 340 cm³/mol. The molecule has 25 atom stereocenters. The van der Waals surface area contributed by atoms with Crippen LogP contribution in [0.3, 0.4) is 0 Å². The highest BCUT2D eigenvalue weighted by Crippen LogP contribution is 2.47. The van der Waals surface area contributed by atoms with Crippen molar-refractivity contribution in [3.05, 3.63) is 23.3 Å². The average molecular weight is 1260 g/mol. The van der Waals surface area contributed by atoms with Crippen LogP contribution in [-0.2, 0) is 66.6 Å². The lowest BCUT2D eigenvalue weighted by atomic mass is 9.70. The fourth-order valence-corrected chi connectivity index (χ4v) is 15.1. The monoisotopic (exact) mass is 1260 g/mol. The fourth-order valence-electron chi connectivity index (χ4n) is 15.1. The molecular formula is C71H122O18. The molecule has 0 aliphatic carbocycles. The van der Waals surface area contributed by atoms with Crippen LogP contribution in [0.25, 0.3) is 0 Å². The summed E-state index contributed by atoms with van der Waals surface area (Å²) in [5.41, 5.74) is -4.54. The lowest BCUT2D eigenvalue weighted by molar-refractivity contribution is -0.293. The molecule has 5 rings (SSSR count). The number of ether oxygens (including phenoxy) is 9. The Morgan fingerprint density at radius 2 is 0.989 bits per heavy atom. The molecule has 0 amide bonds. The third-order valence-corrected chi connectivity index (χ3v) is 21.4. The van der Waals surface area contributed by atoms with Crippen molar-refractivity contribution >= 4 is 29.5 Å². The standard InChI is InChI=1S/C41H70O10.C30H52O8/c1-16-32-41(45,21-46-31(11)42)19-24(4)34(43)23(3)18-40(14,15)36(51-38-26(6)22(2)17-25(5)47-38)27(7)35(28(8)37(44)49-32)50-33-20-39(12,13)29(9)30(10)48-33;1-11-23-30(35,15-31)14-18(4)24(32)17(3)13-29(9,10)26(21(7)25(33)22(8)27(34)37-23)38-28-20(6)16(2)12-19(5)36-28/h19,22-23,25-30,32-33,35-36,38,45H,16-18,20-21H2,1-15H3;14,16-17,19-23,25-26,28,31,33,35H,11-13,15H2,1-10H3/b24-19+;18-14+/t22-,23+,25+,26+,27-,28+,29-,30-,32+,33?,35-,36+,38?,41+;16-,17+,19+,20+,21-,22+,23+,25-,26+,28?,30+/m00/s1. The number of allylic oxidation sites excluding steroid dienone is 2. The molecule has 5 aliphatic rings. The van der Waals surface area contributed by atoms with Crippen LogP contribution >= 0.6 is 0 Å². The molecule has 3 saturated heterocycles. The maximum Gasteiger partial charge on any atom is 0.311 e. The van der Waals surface area contributed by atoms with Crippen molar-refractivity contribution in [2.75, 3.05) is 13.2 Å². The molecule has 0 spiro atoms. The Labute approximate surface area is 535 Å². The first-order valence-electron chi connectivity index (χ1n) is 33.6. The normalized spacial score (nSPS) is 44.3. The van der Waals surface area contributed by atoms with Crippen LogP contribution < -0.4 is 0 Å². The number of hydrogen-bond acceptors (Lipinski definition) is 18. The quantitative estimate of drug-likeness (QED) is 0.111. The van der Waals surface area contributed by atoms with E-state index in [1.165, 1.54) is 19.1 Å². The zero-order valence-electron chi connectivity index (χ0n) is 59.3. The summed E-state index contributed by atoms with van der Waals surface area (Å²) in [4.78, 5) is 66.8. The van der Waals surface area contributed by atoms with E-state index in [-0.39, 0.29) is 60.0 Å². The zero-order valence-corrected chi connectivity index (χ0v) is 59.3. The molecule has 5 aliphatic heterocycles. The number of cyclic esters (lactones) is 2. The van der Waals surface area contributed by atoms with Crippen LogP contribution in [-0.4, -0.2) is 148 Å². The first-order valence-corrected chi connectivity index (χ1v) is 33.6. The van der Waals surface area contributed by atoms with Gasteiger partial charge >= 0.3 is 17.9 Å². The zero-order chi connectivity index (χ0) is 68.0. The van der Waals surface area contributed by atoms with E-state index in [1.54, 1.807) is 41.5 Å². The number of aliphatic hydroxyl groups excluding tert-OH is 2. The molecule has 0 radical (unpaired) electrons. The van der Waals surface area contributed by atoms with E-state index in [1.807, 2.05) is 48.5 Å². The minimum Gasteiger partial charge on any atom is -0.462 e. The first-order chi connectivity index (χ1) is 40.9. The molecular weight excluding hydrogens is 1140 g/mol. The lowest BCUT2D eigenvalue weighted by Crippen LogP contribution is -2.54. The first kappa shape index (κ1) is 78.3. The van der Waals surface area contributed by atoms with Crippen molar-refractivity contribution in [1.29, 1.82) is 0 Å². The second kappa shape index (κ2) is 31.8. The molecule has 0 aromatic carbocycles. The summed E-state index contributed by atoms with van der Waals surface area (Å²) in [6.07, 6.45) is -0.153. The smallest absolute Gasteiger partial charge is 0.311 e. The van der Waals surface area contributed by atoms with Crippen LogP contribution in [0.5, 0.6) is 0 Å². The van der Waals surface area contributed by atoms with E-state index >= 15 is 0 Å². The van der Waals surface area contributed by atoms with Gasteiger partial charge in [-0.1, -0.05) is 118 Å². The SMILES string of the molecule is CC[C@H]1OC(=O)[C@H](C)[C@@H](O)[C@H](C)[C@@H](OC2O[C@H](C)C[C@H](C)[C@H]2C)C(C)(C)C[C@@H](C)C(=O)/C(C)=C/[C@@]1(O)CO.CC[C@H]1OC(=O)[C@H](C)[C@@H](OC2CC(C)(C)[C@@H](C)[C@H](C)O2)[C@H](C)[C@@H](OC2O[C@H](C)C[C@H](C)[C@H]2C)C(C)(C)C[C@@H](C)C(=O)/C(C)=C/[C@@]1(O)COC(C)=O. The number of Topliss-reactive ketones (excluding diaryl/α,β-unsaturated/α-hetero) is 2. The Morgan fingerprint density at radius 3 is 1.40 bits per heavy atom. The van der Waals surface area contributed by atoms with E-state index in [2.05, 4.69) is 76.2 Å². The molecule has 89 heavy (non-hydrogen) atoms.